The lowest BCUT2D eigenvalue weighted by atomic mass is 10.0. The summed E-state index contributed by atoms with van der Waals surface area (Å²) in [5.41, 5.74) is 13.0. The first kappa shape index (κ1) is 12.7. The summed E-state index contributed by atoms with van der Waals surface area (Å²) in [4.78, 5) is 1.28. The summed E-state index contributed by atoms with van der Waals surface area (Å²) in [7, 11) is 0. The number of hydrogen-bond donors (Lipinski definition) is 3. The minimum absolute atomic E-state index is 0.380. The van der Waals surface area contributed by atoms with Crippen LogP contribution in [0.25, 0.3) is 11.1 Å². The molecule has 4 heteroatoms. The van der Waals surface area contributed by atoms with Crippen LogP contribution < -0.4 is 16.4 Å². The fourth-order valence-electron chi connectivity index (χ4n) is 2.03. The number of nitrogens with one attached hydrogen (secondary N) is 3. The summed E-state index contributed by atoms with van der Waals surface area (Å²) >= 11 is 1.82. The zero-order valence-corrected chi connectivity index (χ0v) is 11.6. The summed E-state index contributed by atoms with van der Waals surface area (Å²) in [6.45, 7) is 3.03. The first-order chi connectivity index (χ1) is 9.31. The Hall–Kier alpha value is -1.33. The van der Waals surface area contributed by atoms with Crippen LogP contribution in [-0.2, 0) is 0 Å². The van der Waals surface area contributed by atoms with E-state index in [-0.39, 0.29) is 0 Å². The third kappa shape index (κ3) is 3.16. The monoisotopic (exact) mass is 271 g/mol. The first-order valence-corrected chi connectivity index (χ1v) is 7.26. The van der Waals surface area contributed by atoms with Crippen molar-refractivity contribution in [3.63, 3.8) is 0 Å². The molecule has 98 valence electrons. The topological polar surface area (TPSA) is 36.1 Å². The summed E-state index contributed by atoms with van der Waals surface area (Å²) < 4.78 is 0. The fraction of sp³-hybridized carbons (Fsp3) is 0.200. The molecule has 3 nitrogen and oxygen atoms in total. The second kappa shape index (κ2) is 5.75. The van der Waals surface area contributed by atoms with Crippen LogP contribution in [-0.4, -0.2) is 11.9 Å². The van der Waals surface area contributed by atoms with E-state index in [2.05, 4.69) is 71.8 Å². The summed E-state index contributed by atoms with van der Waals surface area (Å²) in [5.74, 6) is 0. The van der Waals surface area contributed by atoms with E-state index >= 15 is 0 Å². The molecule has 1 aliphatic rings. The molecule has 0 spiro atoms. The Kier molecular flexibility index (Phi) is 3.84. The van der Waals surface area contributed by atoms with Crippen molar-refractivity contribution in [1.29, 1.82) is 0 Å². The number of thioether (sulfide) groups is 1. The Labute approximate surface area is 117 Å². The highest BCUT2D eigenvalue weighted by Crippen LogP contribution is 2.26. The molecule has 0 amide bonds. The van der Waals surface area contributed by atoms with Crippen molar-refractivity contribution >= 4 is 11.8 Å². The third-order valence-corrected chi connectivity index (χ3v) is 4.24. The molecule has 1 aliphatic heterocycles. The van der Waals surface area contributed by atoms with E-state index in [4.69, 9.17) is 0 Å². The van der Waals surface area contributed by atoms with Crippen LogP contribution in [0.3, 0.4) is 0 Å². The van der Waals surface area contributed by atoms with Crippen LogP contribution >= 0.6 is 11.8 Å². The Bertz CT molecular complexity index is 530. The standard InChI is InChI=1S/C15H17N3S/c1-11-2-4-12(5-3-11)13-6-8-14(9-7-13)19-15-10-16-18-17-15/h2-9,15-18H,10H2,1H3. The molecule has 0 aromatic heterocycles. The first-order valence-electron chi connectivity index (χ1n) is 6.38. The van der Waals surface area contributed by atoms with Gasteiger partial charge in [0.2, 0.25) is 0 Å². The number of benzene rings is 2. The van der Waals surface area contributed by atoms with Crippen LogP contribution in [0.1, 0.15) is 5.56 Å². The Morgan fingerprint density at radius 1 is 0.947 bits per heavy atom. The molecule has 2 aromatic carbocycles. The Balaban J connectivity index is 1.72. The quantitative estimate of drug-likeness (QED) is 0.802. The zero-order chi connectivity index (χ0) is 13.1. The normalized spacial score (nSPS) is 18.7. The highest BCUT2D eigenvalue weighted by molar-refractivity contribution is 8.00. The molecule has 0 radical (unpaired) electrons. The summed E-state index contributed by atoms with van der Waals surface area (Å²) in [6.07, 6.45) is 0. The second-order valence-corrected chi connectivity index (χ2v) is 5.92. The van der Waals surface area contributed by atoms with Crippen molar-refractivity contribution in [1.82, 2.24) is 16.4 Å². The van der Waals surface area contributed by atoms with Gasteiger partial charge in [-0.05, 0) is 30.2 Å². The largest absolute Gasteiger partial charge is 0.242 e. The smallest absolute Gasteiger partial charge is 0.0864 e. The maximum atomic E-state index is 3.16. The average Bonchev–Trinajstić information content (AvgIpc) is 2.94. The van der Waals surface area contributed by atoms with Crippen molar-refractivity contribution in [3.8, 4) is 11.1 Å². The van der Waals surface area contributed by atoms with Crippen LogP contribution in [0, 0.1) is 6.92 Å². The van der Waals surface area contributed by atoms with Gasteiger partial charge in [0.05, 0.1) is 5.37 Å². The minimum Gasteiger partial charge on any atom is -0.242 e. The molecule has 3 rings (SSSR count). The van der Waals surface area contributed by atoms with Gasteiger partial charge in [-0.3, -0.25) is 0 Å². The summed E-state index contributed by atoms with van der Waals surface area (Å²) in [5, 5.41) is 0.380. The highest BCUT2D eigenvalue weighted by Gasteiger charge is 2.14. The molecule has 1 unspecified atom stereocenters. The molecule has 1 fully saturated rings. The van der Waals surface area contributed by atoms with Gasteiger partial charge in [0.25, 0.3) is 0 Å². The van der Waals surface area contributed by atoms with Crippen molar-refractivity contribution in [3.05, 3.63) is 54.1 Å². The second-order valence-electron chi connectivity index (χ2n) is 4.65. The Morgan fingerprint density at radius 2 is 1.58 bits per heavy atom. The lowest BCUT2D eigenvalue weighted by Gasteiger charge is -2.09. The van der Waals surface area contributed by atoms with E-state index in [0.717, 1.165) is 6.54 Å². The van der Waals surface area contributed by atoms with E-state index in [0.29, 0.717) is 5.37 Å². The molecule has 19 heavy (non-hydrogen) atoms. The van der Waals surface area contributed by atoms with Gasteiger partial charge >= 0.3 is 0 Å². The molecule has 0 saturated carbocycles. The maximum Gasteiger partial charge on any atom is 0.0864 e. The fourth-order valence-corrected chi connectivity index (χ4v) is 2.94. The van der Waals surface area contributed by atoms with Crippen LogP contribution in [0.15, 0.2) is 53.4 Å². The molecule has 2 aromatic rings. The molecule has 1 atom stereocenters. The predicted octanol–water partition coefficient (Wildman–Crippen LogP) is 2.69. The lowest BCUT2D eigenvalue weighted by Crippen LogP contribution is -2.32. The third-order valence-electron chi connectivity index (χ3n) is 3.13. The highest BCUT2D eigenvalue weighted by atomic mass is 32.2. The number of rotatable bonds is 3. The van der Waals surface area contributed by atoms with Crippen LogP contribution in [0.5, 0.6) is 0 Å². The SMILES string of the molecule is Cc1ccc(-c2ccc(SC3CNNN3)cc2)cc1. The molecule has 1 saturated heterocycles. The minimum atomic E-state index is 0.380. The van der Waals surface area contributed by atoms with Crippen molar-refractivity contribution in [2.75, 3.05) is 6.54 Å². The molecule has 3 N–H and O–H groups in total. The zero-order valence-electron chi connectivity index (χ0n) is 10.8. The predicted molar refractivity (Wildman–Crippen MR) is 80.5 cm³/mol. The molecule has 0 bridgehead atoms. The van der Waals surface area contributed by atoms with Gasteiger partial charge < -0.3 is 0 Å². The number of hydrogen-bond acceptors (Lipinski definition) is 4. The lowest BCUT2D eigenvalue weighted by molar-refractivity contribution is 0.587. The molecule has 0 aliphatic carbocycles. The Morgan fingerprint density at radius 3 is 2.16 bits per heavy atom. The maximum absolute atomic E-state index is 3.16. The van der Waals surface area contributed by atoms with Crippen LogP contribution in [0.4, 0.5) is 0 Å². The van der Waals surface area contributed by atoms with Gasteiger partial charge in [0.15, 0.2) is 0 Å². The van der Waals surface area contributed by atoms with E-state index in [9.17, 15) is 0 Å². The van der Waals surface area contributed by atoms with E-state index in [1.165, 1.54) is 21.6 Å². The van der Waals surface area contributed by atoms with Gasteiger partial charge in [0, 0.05) is 11.4 Å². The van der Waals surface area contributed by atoms with Gasteiger partial charge in [0.1, 0.15) is 0 Å². The van der Waals surface area contributed by atoms with Crippen molar-refractivity contribution in [2.45, 2.75) is 17.2 Å². The van der Waals surface area contributed by atoms with Crippen molar-refractivity contribution in [2.24, 2.45) is 0 Å². The van der Waals surface area contributed by atoms with Gasteiger partial charge in [-0.25, -0.2) is 10.9 Å². The molecular weight excluding hydrogens is 254 g/mol. The molecular formula is C15H17N3S. The number of hydrazine groups is 2. The van der Waals surface area contributed by atoms with E-state index in [1.807, 2.05) is 11.8 Å². The van der Waals surface area contributed by atoms with E-state index < -0.39 is 0 Å². The molecule has 1 heterocycles. The van der Waals surface area contributed by atoms with Crippen molar-refractivity contribution < 1.29 is 0 Å². The van der Waals surface area contributed by atoms with Gasteiger partial charge in [-0.2, -0.15) is 5.53 Å². The average molecular weight is 271 g/mol. The van der Waals surface area contributed by atoms with Crippen LogP contribution in [0.2, 0.25) is 0 Å². The van der Waals surface area contributed by atoms with E-state index in [1.54, 1.807) is 0 Å². The number of aryl methyl sites for hydroxylation is 1. The summed E-state index contributed by atoms with van der Waals surface area (Å²) in [6, 6.07) is 17.4. The van der Waals surface area contributed by atoms with Gasteiger partial charge in [-0.1, -0.05) is 42.0 Å². The van der Waals surface area contributed by atoms with Gasteiger partial charge in [-0.15, -0.1) is 11.8 Å².